The molecular formula is C17H19N5O3. The summed E-state index contributed by atoms with van der Waals surface area (Å²) in [6.45, 7) is 2.65. The summed E-state index contributed by atoms with van der Waals surface area (Å²) in [7, 11) is 0. The number of amides is 1. The van der Waals surface area contributed by atoms with Crippen molar-refractivity contribution >= 4 is 11.9 Å². The summed E-state index contributed by atoms with van der Waals surface area (Å²) in [4.78, 5) is 28.6. The molecule has 130 valence electrons. The summed E-state index contributed by atoms with van der Waals surface area (Å²) < 4.78 is 1.45. The first kappa shape index (κ1) is 15.6. The molecule has 4 rings (SSSR count). The molecule has 1 saturated carbocycles. The highest BCUT2D eigenvalue weighted by molar-refractivity contribution is 5.65. The van der Waals surface area contributed by atoms with Gasteiger partial charge in [-0.15, -0.1) is 0 Å². The number of aromatic nitrogens is 2. The van der Waals surface area contributed by atoms with Gasteiger partial charge in [-0.1, -0.05) is 12.1 Å². The third-order valence-electron chi connectivity index (χ3n) is 5.01. The summed E-state index contributed by atoms with van der Waals surface area (Å²) in [6, 6.07) is 9.48. The van der Waals surface area contributed by atoms with Gasteiger partial charge in [-0.25, -0.2) is 9.59 Å². The molecule has 2 aromatic rings. The quantitative estimate of drug-likeness (QED) is 0.747. The number of hydrogen-bond donors (Lipinski definition) is 3. The highest BCUT2D eigenvalue weighted by atomic mass is 16.4. The van der Waals surface area contributed by atoms with Gasteiger partial charge in [0.15, 0.2) is 0 Å². The number of fused-ring (bicyclic) bond motifs is 1. The van der Waals surface area contributed by atoms with Crippen LogP contribution in [0.3, 0.4) is 0 Å². The van der Waals surface area contributed by atoms with Crippen LogP contribution in [-0.2, 0) is 6.54 Å². The van der Waals surface area contributed by atoms with Gasteiger partial charge < -0.3 is 16.2 Å². The first-order valence-electron chi connectivity index (χ1n) is 8.17. The van der Waals surface area contributed by atoms with E-state index in [1.165, 1.54) is 4.57 Å². The Hall–Kier alpha value is -2.87. The number of rotatable bonds is 4. The minimum absolute atomic E-state index is 0.126. The van der Waals surface area contributed by atoms with Gasteiger partial charge >= 0.3 is 11.8 Å². The van der Waals surface area contributed by atoms with Crippen LogP contribution in [-0.4, -0.2) is 44.8 Å². The van der Waals surface area contributed by atoms with Crippen molar-refractivity contribution < 1.29 is 9.90 Å². The Morgan fingerprint density at radius 3 is 2.52 bits per heavy atom. The van der Waals surface area contributed by atoms with Crippen molar-refractivity contribution in [2.45, 2.75) is 12.6 Å². The lowest BCUT2D eigenvalue weighted by Crippen LogP contribution is -2.33. The summed E-state index contributed by atoms with van der Waals surface area (Å²) >= 11 is 0. The lowest BCUT2D eigenvalue weighted by Gasteiger charge is -2.19. The number of carboxylic acid groups (broad SMARTS) is 1. The Labute approximate surface area is 143 Å². The molecular weight excluding hydrogens is 322 g/mol. The summed E-state index contributed by atoms with van der Waals surface area (Å²) in [5.74, 6) is 1.09. The number of nitrogens with zero attached hydrogens (tertiary/aromatic N) is 3. The van der Waals surface area contributed by atoms with Gasteiger partial charge in [0, 0.05) is 31.9 Å². The van der Waals surface area contributed by atoms with Crippen molar-refractivity contribution in [3.63, 3.8) is 0 Å². The fraction of sp³-hybridized carbons (Fsp3) is 0.353. The predicted molar refractivity (Wildman–Crippen MR) is 91.5 cm³/mol. The lowest BCUT2D eigenvalue weighted by molar-refractivity contribution is 0.190. The van der Waals surface area contributed by atoms with E-state index in [0.29, 0.717) is 11.8 Å². The number of hydrogen-bond acceptors (Lipinski definition) is 5. The second kappa shape index (κ2) is 5.89. The molecule has 0 radical (unpaired) electrons. The second-order valence-electron chi connectivity index (χ2n) is 6.67. The summed E-state index contributed by atoms with van der Waals surface area (Å²) in [5, 5.41) is 11.4. The van der Waals surface area contributed by atoms with Crippen LogP contribution in [0.4, 0.5) is 10.6 Å². The molecule has 2 unspecified atom stereocenters. The highest BCUT2D eigenvalue weighted by Gasteiger charge is 2.56. The van der Waals surface area contributed by atoms with Gasteiger partial charge in [0.25, 0.3) is 0 Å². The van der Waals surface area contributed by atoms with Crippen LogP contribution in [0.25, 0.3) is 5.69 Å². The molecule has 2 heterocycles. The van der Waals surface area contributed by atoms with Crippen molar-refractivity contribution in [2.24, 2.45) is 11.8 Å². The van der Waals surface area contributed by atoms with Crippen LogP contribution in [0.15, 0.2) is 41.3 Å². The molecule has 1 amide bonds. The van der Waals surface area contributed by atoms with Crippen LogP contribution in [0.2, 0.25) is 0 Å². The molecule has 2 atom stereocenters. The van der Waals surface area contributed by atoms with E-state index in [1.807, 2.05) is 24.3 Å². The third kappa shape index (κ3) is 3.08. The summed E-state index contributed by atoms with van der Waals surface area (Å²) in [5.41, 5.74) is 7.01. The molecule has 2 fully saturated rings. The minimum Gasteiger partial charge on any atom is -0.465 e. The molecule has 2 aliphatic rings. The maximum atomic E-state index is 11.9. The van der Waals surface area contributed by atoms with E-state index in [1.54, 1.807) is 12.3 Å². The minimum atomic E-state index is -0.936. The van der Waals surface area contributed by atoms with E-state index >= 15 is 0 Å². The van der Waals surface area contributed by atoms with E-state index in [0.717, 1.165) is 30.9 Å². The number of nitrogens with two attached hydrogens (primary N) is 1. The first-order valence-corrected chi connectivity index (χ1v) is 8.17. The van der Waals surface area contributed by atoms with Gasteiger partial charge in [0.2, 0.25) is 0 Å². The monoisotopic (exact) mass is 341 g/mol. The average molecular weight is 341 g/mol. The van der Waals surface area contributed by atoms with Crippen molar-refractivity contribution in [3.8, 4) is 5.69 Å². The van der Waals surface area contributed by atoms with Gasteiger partial charge in [-0.2, -0.15) is 4.98 Å². The van der Waals surface area contributed by atoms with E-state index in [2.05, 4.69) is 15.2 Å². The van der Waals surface area contributed by atoms with Crippen LogP contribution >= 0.6 is 0 Å². The molecule has 0 bridgehead atoms. The van der Waals surface area contributed by atoms with Gasteiger partial charge in [0.05, 0.1) is 5.69 Å². The number of nitrogen functional groups attached to an aromatic ring is 1. The number of nitrogens with one attached hydrogen (secondary N) is 1. The molecule has 1 aliphatic carbocycles. The number of benzene rings is 1. The third-order valence-corrected chi connectivity index (χ3v) is 5.01. The smallest absolute Gasteiger partial charge is 0.404 e. The van der Waals surface area contributed by atoms with Crippen LogP contribution in [0.1, 0.15) is 5.56 Å². The molecule has 8 nitrogen and oxygen atoms in total. The van der Waals surface area contributed by atoms with Crippen LogP contribution in [0.5, 0.6) is 0 Å². The number of piperidine rings is 1. The highest BCUT2D eigenvalue weighted by Crippen LogP contribution is 2.45. The largest absolute Gasteiger partial charge is 0.465 e. The fourth-order valence-electron chi connectivity index (χ4n) is 3.73. The topological polar surface area (TPSA) is 113 Å². The van der Waals surface area contributed by atoms with Gasteiger partial charge in [-0.05, 0) is 35.6 Å². The van der Waals surface area contributed by atoms with Gasteiger partial charge in [0.1, 0.15) is 5.82 Å². The molecule has 1 saturated heterocycles. The Morgan fingerprint density at radius 2 is 1.92 bits per heavy atom. The second-order valence-corrected chi connectivity index (χ2v) is 6.67. The zero-order valence-corrected chi connectivity index (χ0v) is 13.5. The molecule has 1 aromatic carbocycles. The fourth-order valence-corrected chi connectivity index (χ4v) is 3.73. The Kier molecular flexibility index (Phi) is 3.69. The van der Waals surface area contributed by atoms with Gasteiger partial charge in [-0.3, -0.25) is 9.47 Å². The van der Waals surface area contributed by atoms with Crippen molar-refractivity contribution in [3.05, 3.63) is 52.6 Å². The van der Waals surface area contributed by atoms with E-state index < -0.39 is 11.8 Å². The molecule has 8 heteroatoms. The van der Waals surface area contributed by atoms with E-state index in [-0.39, 0.29) is 11.9 Å². The SMILES string of the molecule is Nc1ccn(-c2ccc(CN3CC4C(C3)C4NC(=O)O)cc2)c(=O)n1. The van der Waals surface area contributed by atoms with Crippen molar-refractivity contribution in [2.75, 3.05) is 18.8 Å². The number of likely N-dealkylation sites (tertiary alicyclic amines) is 1. The predicted octanol–water partition coefficient (Wildman–Crippen LogP) is 0.512. The summed E-state index contributed by atoms with van der Waals surface area (Å²) in [6.07, 6.45) is 0.678. The van der Waals surface area contributed by atoms with Crippen LogP contribution < -0.4 is 16.7 Å². The maximum absolute atomic E-state index is 11.9. The molecule has 0 spiro atoms. The molecule has 4 N–H and O–H groups in total. The molecule has 25 heavy (non-hydrogen) atoms. The molecule has 1 aliphatic heterocycles. The zero-order chi connectivity index (χ0) is 17.6. The molecule has 1 aromatic heterocycles. The first-order chi connectivity index (χ1) is 12.0. The van der Waals surface area contributed by atoms with E-state index in [9.17, 15) is 9.59 Å². The van der Waals surface area contributed by atoms with Crippen LogP contribution in [0, 0.1) is 11.8 Å². The maximum Gasteiger partial charge on any atom is 0.404 e. The lowest BCUT2D eigenvalue weighted by atomic mass is 10.2. The van der Waals surface area contributed by atoms with E-state index in [4.69, 9.17) is 10.8 Å². The normalized spacial score (nSPS) is 24.7. The van der Waals surface area contributed by atoms with Crippen molar-refractivity contribution in [1.29, 1.82) is 0 Å². The number of anilines is 1. The zero-order valence-electron chi connectivity index (χ0n) is 13.5. The van der Waals surface area contributed by atoms with Crippen molar-refractivity contribution in [1.82, 2.24) is 19.8 Å². The Bertz CT molecular complexity index is 851. The number of carbonyl (C=O) groups is 1. The Balaban J connectivity index is 1.38. The Morgan fingerprint density at radius 1 is 1.24 bits per heavy atom. The average Bonchev–Trinajstić information content (AvgIpc) is 3.00. The standard InChI is InChI=1S/C17H19N5O3/c18-14-5-6-22(16(23)19-14)11-3-1-10(2-4-11)7-21-8-12-13(9-21)15(12)20-17(24)25/h1-6,12-13,15,20H,7-9H2,(H,24,25)(H2,18,19,23).